The molecular formula is C15H21NO. The smallest absolute Gasteiger partial charge is 0.0437 e. The molecule has 1 aromatic carbocycles. The molecule has 1 unspecified atom stereocenters. The summed E-state index contributed by atoms with van der Waals surface area (Å²) in [6, 6.07) is 9.51. The van der Waals surface area contributed by atoms with E-state index in [0.717, 1.165) is 19.0 Å². The summed E-state index contributed by atoms with van der Waals surface area (Å²) >= 11 is 0. The zero-order valence-corrected chi connectivity index (χ0v) is 10.3. The summed E-state index contributed by atoms with van der Waals surface area (Å²) in [5.41, 5.74) is 2.88. The Kier molecular flexibility index (Phi) is 3.06. The van der Waals surface area contributed by atoms with E-state index in [4.69, 9.17) is 0 Å². The average Bonchev–Trinajstić information content (AvgIpc) is 2.97. The molecule has 1 fully saturated rings. The Balaban J connectivity index is 1.87. The van der Waals surface area contributed by atoms with Crippen LogP contribution >= 0.6 is 0 Å². The van der Waals surface area contributed by atoms with E-state index in [9.17, 15) is 5.11 Å². The minimum absolute atomic E-state index is 0.303. The van der Waals surface area contributed by atoms with Crippen molar-refractivity contribution in [3.63, 3.8) is 0 Å². The first-order valence-corrected chi connectivity index (χ1v) is 6.86. The van der Waals surface area contributed by atoms with Gasteiger partial charge >= 0.3 is 0 Å². The van der Waals surface area contributed by atoms with Gasteiger partial charge in [0, 0.05) is 30.8 Å². The first-order chi connectivity index (χ1) is 8.40. The molecule has 1 aromatic rings. The molecule has 0 bridgehead atoms. The number of para-hydroxylation sites is 1. The molecule has 0 spiro atoms. The second kappa shape index (κ2) is 4.69. The third-order valence-corrected chi connectivity index (χ3v) is 4.35. The number of aliphatic hydroxyl groups excluding tert-OH is 1. The van der Waals surface area contributed by atoms with Gasteiger partial charge in [0.1, 0.15) is 0 Å². The lowest BCUT2D eigenvalue weighted by atomic mass is 9.99. The lowest BCUT2D eigenvalue weighted by Crippen LogP contribution is -2.32. The van der Waals surface area contributed by atoms with Gasteiger partial charge in [0.15, 0.2) is 0 Å². The number of fused-ring (bicyclic) bond motifs is 1. The van der Waals surface area contributed by atoms with Crippen LogP contribution in [0.2, 0.25) is 0 Å². The number of aliphatic hydroxyl groups is 1. The lowest BCUT2D eigenvalue weighted by molar-refractivity contribution is 0.277. The highest BCUT2D eigenvalue weighted by Gasteiger charge is 2.33. The van der Waals surface area contributed by atoms with Gasteiger partial charge in [-0.25, -0.2) is 0 Å². The van der Waals surface area contributed by atoms with Crippen molar-refractivity contribution in [2.45, 2.75) is 44.1 Å². The van der Waals surface area contributed by atoms with Crippen molar-refractivity contribution in [1.82, 2.24) is 0 Å². The summed E-state index contributed by atoms with van der Waals surface area (Å²) < 4.78 is 0. The van der Waals surface area contributed by atoms with Crippen LogP contribution in [-0.4, -0.2) is 24.3 Å². The highest BCUT2D eigenvalue weighted by atomic mass is 16.3. The monoisotopic (exact) mass is 231 g/mol. The predicted octanol–water partition coefficient (Wildman–Crippen LogP) is 2.92. The maximum atomic E-state index is 9.19. The third-order valence-electron chi connectivity index (χ3n) is 4.35. The lowest BCUT2D eigenvalue weighted by Gasteiger charge is -2.27. The molecule has 0 aromatic heterocycles. The fourth-order valence-electron chi connectivity index (χ4n) is 3.49. The van der Waals surface area contributed by atoms with Gasteiger partial charge in [0.2, 0.25) is 0 Å². The van der Waals surface area contributed by atoms with Crippen molar-refractivity contribution in [3.05, 3.63) is 29.8 Å². The molecule has 3 rings (SSSR count). The van der Waals surface area contributed by atoms with Gasteiger partial charge in [-0.05, 0) is 30.9 Å². The third kappa shape index (κ3) is 1.95. The van der Waals surface area contributed by atoms with Crippen LogP contribution in [0.5, 0.6) is 0 Å². The average molecular weight is 231 g/mol. The molecule has 1 N–H and O–H groups in total. The number of hydrogen-bond donors (Lipinski definition) is 1. The summed E-state index contributed by atoms with van der Waals surface area (Å²) in [6.45, 7) is 1.42. The number of hydrogen-bond acceptors (Lipinski definition) is 2. The largest absolute Gasteiger partial charge is 0.396 e. The molecule has 2 nitrogen and oxygen atoms in total. The van der Waals surface area contributed by atoms with E-state index in [1.54, 1.807) is 0 Å². The first kappa shape index (κ1) is 11.1. The highest BCUT2D eigenvalue weighted by molar-refractivity contribution is 5.61. The van der Waals surface area contributed by atoms with Crippen LogP contribution in [-0.2, 0) is 0 Å². The van der Waals surface area contributed by atoms with Crippen LogP contribution < -0.4 is 4.90 Å². The highest BCUT2D eigenvalue weighted by Crippen LogP contribution is 2.41. The quantitative estimate of drug-likeness (QED) is 0.864. The van der Waals surface area contributed by atoms with E-state index in [1.165, 1.54) is 36.9 Å². The molecule has 2 heteroatoms. The molecule has 2 aliphatic rings. The van der Waals surface area contributed by atoms with Crippen LogP contribution in [0.1, 0.15) is 43.6 Å². The van der Waals surface area contributed by atoms with Crippen LogP contribution in [0, 0.1) is 0 Å². The molecule has 1 saturated carbocycles. The molecule has 1 aliphatic carbocycles. The van der Waals surface area contributed by atoms with E-state index >= 15 is 0 Å². The minimum atomic E-state index is 0.303. The van der Waals surface area contributed by atoms with Gasteiger partial charge in [-0.2, -0.15) is 0 Å². The topological polar surface area (TPSA) is 23.5 Å². The molecule has 0 saturated heterocycles. The molecular weight excluding hydrogens is 210 g/mol. The molecule has 0 amide bonds. The second-order valence-corrected chi connectivity index (χ2v) is 5.36. The molecule has 1 heterocycles. The summed E-state index contributed by atoms with van der Waals surface area (Å²) in [5, 5.41) is 9.19. The number of anilines is 1. The second-order valence-electron chi connectivity index (χ2n) is 5.36. The maximum absolute atomic E-state index is 9.19. The summed E-state index contributed by atoms with van der Waals surface area (Å²) in [6.07, 6.45) is 6.36. The number of nitrogens with zero attached hydrogens (tertiary/aromatic N) is 1. The zero-order valence-electron chi connectivity index (χ0n) is 10.3. The van der Waals surface area contributed by atoms with E-state index in [0.29, 0.717) is 12.5 Å². The number of benzene rings is 1. The Labute approximate surface area is 103 Å². The van der Waals surface area contributed by atoms with Crippen molar-refractivity contribution in [1.29, 1.82) is 0 Å². The summed E-state index contributed by atoms with van der Waals surface area (Å²) in [5.74, 6) is 0.539. The summed E-state index contributed by atoms with van der Waals surface area (Å²) in [7, 11) is 0. The Morgan fingerprint density at radius 1 is 1.18 bits per heavy atom. The molecule has 0 radical (unpaired) electrons. The normalized spacial score (nSPS) is 24.3. The van der Waals surface area contributed by atoms with Crippen LogP contribution in [0.25, 0.3) is 0 Å². The van der Waals surface area contributed by atoms with E-state index in [1.807, 2.05) is 0 Å². The molecule has 1 atom stereocenters. The van der Waals surface area contributed by atoms with Gasteiger partial charge in [-0.1, -0.05) is 31.0 Å². The molecule has 17 heavy (non-hydrogen) atoms. The van der Waals surface area contributed by atoms with Crippen LogP contribution in [0.4, 0.5) is 5.69 Å². The standard InChI is InChI=1S/C15H21NO/c17-10-9-12-11-16(13-5-1-2-6-13)15-8-4-3-7-14(12)15/h3-4,7-8,12-13,17H,1-2,5-6,9-11H2. The SMILES string of the molecule is OCCC1CN(C2CCCC2)c2ccccc21. The fourth-order valence-corrected chi connectivity index (χ4v) is 3.49. The van der Waals surface area contributed by atoms with Gasteiger partial charge in [0.05, 0.1) is 0 Å². The Morgan fingerprint density at radius 2 is 1.94 bits per heavy atom. The van der Waals surface area contributed by atoms with Crippen molar-refractivity contribution in [2.75, 3.05) is 18.1 Å². The zero-order chi connectivity index (χ0) is 11.7. The van der Waals surface area contributed by atoms with Crippen LogP contribution in [0.15, 0.2) is 24.3 Å². The summed E-state index contributed by atoms with van der Waals surface area (Å²) in [4.78, 5) is 2.60. The van der Waals surface area contributed by atoms with Crippen molar-refractivity contribution in [2.24, 2.45) is 0 Å². The maximum Gasteiger partial charge on any atom is 0.0437 e. The Morgan fingerprint density at radius 3 is 2.71 bits per heavy atom. The van der Waals surface area contributed by atoms with Crippen molar-refractivity contribution >= 4 is 5.69 Å². The van der Waals surface area contributed by atoms with Gasteiger partial charge in [-0.15, -0.1) is 0 Å². The molecule has 1 aliphatic heterocycles. The number of rotatable bonds is 3. The van der Waals surface area contributed by atoms with Gasteiger partial charge in [-0.3, -0.25) is 0 Å². The van der Waals surface area contributed by atoms with Gasteiger partial charge in [0.25, 0.3) is 0 Å². The minimum Gasteiger partial charge on any atom is -0.396 e. The van der Waals surface area contributed by atoms with Gasteiger partial charge < -0.3 is 10.0 Å². The fraction of sp³-hybridized carbons (Fsp3) is 0.600. The van der Waals surface area contributed by atoms with Crippen LogP contribution in [0.3, 0.4) is 0 Å². The van der Waals surface area contributed by atoms with E-state index < -0.39 is 0 Å². The predicted molar refractivity (Wildman–Crippen MR) is 70.5 cm³/mol. The molecule has 92 valence electrons. The first-order valence-electron chi connectivity index (χ1n) is 6.86. The van der Waals surface area contributed by atoms with E-state index in [2.05, 4.69) is 29.2 Å². The Hall–Kier alpha value is -1.02. The van der Waals surface area contributed by atoms with E-state index in [-0.39, 0.29) is 0 Å². The van der Waals surface area contributed by atoms with Crippen molar-refractivity contribution < 1.29 is 5.11 Å². The van der Waals surface area contributed by atoms with Crippen molar-refractivity contribution in [3.8, 4) is 0 Å². The Bertz CT molecular complexity index is 384.